The molecule has 96 valence electrons. The molecule has 2 amide bonds. The van der Waals surface area contributed by atoms with E-state index in [2.05, 4.69) is 26.0 Å². The number of anilines is 2. The van der Waals surface area contributed by atoms with E-state index in [9.17, 15) is 9.59 Å². The van der Waals surface area contributed by atoms with Crippen molar-refractivity contribution < 1.29 is 14.3 Å². The molecule has 0 bridgehead atoms. The first-order valence-corrected chi connectivity index (χ1v) is 6.16. The summed E-state index contributed by atoms with van der Waals surface area (Å²) in [6.07, 6.45) is -0.682. The maximum atomic E-state index is 12.2. The van der Waals surface area contributed by atoms with Crippen molar-refractivity contribution in [3.8, 4) is 0 Å². The van der Waals surface area contributed by atoms with Gasteiger partial charge in [-0.2, -0.15) is 0 Å². The molecule has 5 nitrogen and oxygen atoms in total. The third-order valence-electron chi connectivity index (χ3n) is 2.74. The number of methoxy groups -OCH3 is 1. The molecule has 1 aliphatic rings. The summed E-state index contributed by atoms with van der Waals surface area (Å²) in [5.41, 5.74) is 0.343. The van der Waals surface area contributed by atoms with Crippen LogP contribution in [0.4, 0.5) is 16.2 Å². The zero-order valence-corrected chi connectivity index (χ0v) is 11.9. The highest BCUT2D eigenvalue weighted by atomic mass is 79.9. The number of ether oxygens (including phenoxy) is 1. The van der Waals surface area contributed by atoms with Gasteiger partial charge in [0.1, 0.15) is 5.54 Å². The van der Waals surface area contributed by atoms with E-state index in [0.29, 0.717) is 11.4 Å². The lowest BCUT2D eigenvalue weighted by Crippen LogP contribution is -2.55. The van der Waals surface area contributed by atoms with E-state index in [-0.39, 0.29) is 5.91 Å². The largest absolute Gasteiger partial charge is 0.452 e. The number of rotatable bonds is 0. The van der Waals surface area contributed by atoms with Crippen LogP contribution in [-0.2, 0) is 9.53 Å². The molecule has 1 aromatic rings. The number of carbonyl (C=O) groups excluding carboxylic acids is 2. The Kier molecular flexibility index (Phi) is 3.06. The number of hydrogen-bond acceptors (Lipinski definition) is 4. The molecule has 6 heteroatoms. The summed E-state index contributed by atoms with van der Waals surface area (Å²) in [7, 11) is 1.25. The number of halogens is 1. The van der Waals surface area contributed by atoms with E-state index >= 15 is 0 Å². The van der Waals surface area contributed by atoms with Crippen molar-refractivity contribution in [3.63, 3.8) is 0 Å². The zero-order valence-electron chi connectivity index (χ0n) is 10.3. The number of carbonyl (C=O) groups is 2. The first-order chi connectivity index (χ1) is 8.36. The average molecular weight is 313 g/mol. The Morgan fingerprint density at radius 2 is 2.11 bits per heavy atom. The van der Waals surface area contributed by atoms with Crippen molar-refractivity contribution in [2.45, 2.75) is 19.4 Å². The minimum absolute atomic E-state index is 0.343. The van der Waals surface area contributed by atoms with Crippen LogP contribution < -0.4 is 10.2 Å². The van der Waals surface area contributed by atoms with Crippen LogP contribution in [0.1, 0.15) is 13.8 Å². The number of imide groups is 1. The van der Waals surface area contributed by atoms with Crippen molar-refractivity contribution in [2.75, 3.05) is 17.3 Å². The topological polar surface area (TPSA) is 58.6 Å². The summed E-state index contributed by atoms with van der Waals surface area (Å²) in [6.45, 7) is 3.43. The minimum Gasteiger partial charge on any atom is -0.452 e. The average Bonchev–Trinajstić information content (AvgIpc) is 2.30. The van der Waals surface area contributed by atoms with Crippen molar-refractivity contribution in [1.82, 2.24) is 0 Å². The Morgan fingerprint density at radius 3 is 2.72 bits per heavy atom. The molecule has 0 unspecified atom stereocenters. The third-order valence-corrected chi connectivity index (χ3v) is 3.23. The Bertz CT molecular complexity index is 528. The van der Waals surface area contributed by atoms with Gasteiger partial charge in [0.05, 0.1) is 18.5 Å². The van der Waals surface area contributed by atoms with Crippen LogP contribution in [0.5, 0.6) is 0 Å². The number of nitrogens with zero attached hydrogens (tertiary/aromatic N) is 1. The first kappa shape index (κ1) is 12.9. The van der Waals surface area contributed by atoms with Gasteiger partial charge in [0.15, 0.2) is 0 Å². The van der Waals surface area contributed by atoms with E-state index < -0.39 is 11.6 Å². The molecular formula is C12H13BrN2O3. The van der Waals surface area contributed by atoms with Crippen LogP contribution in [0.15, 0.2) is 22.7 Å². The maximum Gasteiger partial charge on any atom is 0.421 e. The summed E-state index contributed by atoms with van der Waals surface area (Å²) in [5, 5.41) is 3.11. The van der Waals surface area contributed by atoms with Crippen LogP contribution in [0.3, 0.4) is 0 Å². The second-order valence-corrected chi connectivity index (χ2v) is 5.44. The van der Waals surface area contributed by atoms with Gasteiger partial charge in [-0.05, 0) is 32.0 Å². The SMILES string of the molecule is COC(=O)N1C(=O)C(C)(C)Nc2cc(Br)ccc21. The number of benzene rings is 1. The summed E-state index contributed by atoms with van der Waals surface area (Å²) >= 11 is 3.36. The normalized spacial score (nSPS) is 16.9. The molecule has 0 atom stereocenters. The van der Waals surface area contributed by atoms with Gasteiger partial charge in [-0.1, -0.05) is 15.9 Å². The number of amides is 2. The van der Waals surface area contributed by atoms with Gasteiger partial charge in [-0.15, -0.1) is 0 Å². The fraction of sp³-hybridized carbons (Fsp3) is 0.333. The van der Waals surface area contributed by atoms with Gasteiger partial charge in [0, 0.05) is 4.47 Å². The van der Waals surface area contributed by atoms with Crippen LogP contribution in [0.25, 0.3) is 0 Å². The predicted molar refractivity (Wildman–Crippen MR) is 71.7 cm³/mol. The molecule has 1 aromatic carbocycles. The van der Waals surface area contributed by atoms with Gasteiger partial charge in [-0.3, -0.25) is 4.79 Å². The van der Waals surface area contributed by atoms with Gasteiger partial charge in [0.25, 0.3) is 5.91 Å². The third kappa shape index (κ3) is 1.96. The molecule has 0 radical (unpaired) electrons. The summed E-state index contributed by atoms with van der Waals surface area (Å²) in [5.74, 6) is -0.343. The standard InChI is InChI=1S/C12H13BrN2O3/c1-12(2)10(16)15(11(17)18-3)9-5-4-7(13)6-8(9)14-12/h4-6,14H,1-3H3. The minimum atomic E-state index is -0.859. The molecule has 0 saturated heterocycles. The summed E-state index contributed by atoms with van der Waals surface area (Å²) < 4.78 is 5.53. The molecule has 0 fully saturated rings. The number of fused-ring (bicyclic) bond motifs is 1. The summed E-state index contributed by atoms with van der Waals surface area (Å²) in [6, 6.07) is 5.28. The van der Waals surface area contributed by atoms with Crippen molar-refractivity contribution >= 4 is 39.3 Å². The molecule has 1 N–H and O–H groups in total. The molecule has 1 aliphatic heterocycles. The Labute approximate surface area is 113 Å². The Hall–Kier alpha value is -1.56. The van der Waals surface area contributed by atoms with Crippen LogP contribution in [0.2, 0.25) is 0 Å². The number of hydrogen-bond donors (Lipinski definition) is 1. The van der Waals surface area contributed by atoms with Gasteiger partial charge >= 0.3 is 6.09 Å². The molecule has 2 rings (SSSR count). The van der Waals surface area contributed by atoms with Crippen LogP contribution in [0, 0.1) is 0 Å². The second kappa shape index (κ2) is 4.28. The molecule has 18 heavy (non-hydrogen) atoms. The van der Waals surface area contributed by atoms with Crippen LogP contribution >= 0.6 is 15.9 Å². The summed E-state index contributed by atoms with van der Waals surface area (Å²) in [4.78, 5) is 25.1. The maximum absolute atomic E-state index is 12.2. The molecule has 0 aliphatic carbocycles. The molecule has 0 aromatic heterocycles. The van der Waals surface area contributed by atoms with E-state index in [1.165, 1.54) is 7.11 Å². The highest BCUT2D eigenvalue weighted by Gasteiger charge is 2.42. The second-order valence-electron chi connectivity index (χ2n) is 4.52. The quantitative estimate of drug-likeness (QED) is 0.800. The molecule has 1 heterocycles. The van der Waals surface area contributed by atoms with Gasteiger partial charge in [-0.25, -0.2) is 9.69 Å². The smallest absolute Gasteiger partial charge is 0.421 e. The van der Waals surface area contributed by atoms with E-state index in [0.717, 1.165) is 9.37 Å². The fourth-order valence-corrected chi connectivity index (χ4v) is 2.22. The highest BCUT2D eigenvalue weighted by molar-refractivity contribution is 9.10. The highest BCUT2D eigenvalue weighted by Crippen LogP contribution is 2.37. The number of nitrogens with one attached hydrogen (secondary N) is 1. The fourth-order valence-electron chi connectivity index (χ4n) is 1.85. The molecular weight excluding hydrogens is 300 g/mol. The molecule has 0 spiro atoms. The van der Waals surface area contributed by atoms with Gasteiger partial charge < -0.3 is 10.1 Å². The van der Waals surface area contributed by atoms with Crippen LogP contribution in [-0.4, -0.2) is 24.6 Å². The van der Waals surface area contributed by atoms with E-state index in [1.54, 1.807) is 26.0 Å². The van der Waals surface area contributed by atoms with E-state index in [4.69, 9.17) is 0 Å². The first-order valence-electron chi connectivity index (χ1n) is 5.37. The lowest BCUT2D eigenvalue weighted by atomic mass is 9.98. The monoisotopic (exact) mass is 312 g/mol. The molecule has 0 saturated carbocycles. The predicted octanol–water partition coefficient (Wildman–Crippen LogP) is 2.75. The van der Waals surface area contributed by atoms with E-state index in [1.807, 2.05) is 6.07 Å². The lowest BCUT2D eigenvalue weighted by molar-refractivity contribution is -0.121. The Balaban J connectivity index is 2.59. The lowest BCUT2D eigenvalue weighted by Gasteiger charge is -2.37. The van der Waals surface area contributed by atoms with Crippen molar-refractivity contribution in [1.29, 1.82) is 0 Å². The zero-order chi connectivity index (χ0) is 13.5. The van der Waals surface area contributed by atoms with Crippen molar-refractivity contribution in [3.05, 3.63) is 22.7 Å². The van der Waals surface area contributed by atoms with Crippen molar-refractivity contribution in [2.24, 2.45) is 0 Å². The Morgan fingerprint density at radius 1 is 1.44 bits per heavy atom. The van der Waals surface area contributed by atoms with Gasteiger partial charge in [0.2, 0.25) is 0 Å².